The molecule has 24 heavy (non-hydrogen) atoms. The predicted octanol–water partition coefficient (Wildman–Crippen LogP) is 3.11. The van der Waals surface area contributed by atoms with Crippen molar-refractivity contribution in [3.05, 3.63) is 70.5 Å². The van der Waals surface area contributed by atoms with Crippen molar-refractivity contribution in [1.29, 1.82) is 0 Å². The summed E-state index contributed by atoms with van der Waals surface area (Å²) in [5, 5.41) is 2.58. The first-order valence-corrected chi connectivity index (χ1v) is 7.72. The Bertz CT molecular complexity index is 804. The normalized spacial score (nSPS) is 20.6. The van der Waals surface area contributed by atoms with Gasteiger partial charge in [0.25, 0.3) is 0 Å². The Balaban J connectivity index is 1.84. The molecule has 0 radical (unpaired) electrons. The number of amides is 1. The molecular formula is C18H13ClFNO3. The molecule has 1 aliphatic heterocycles. The van der Waals surface area contributed by atoms with Gasteiger partial charge in [0, 0.05) is 12.0 Å². The van der Waals surface area contributed by atoms with Gasteiger partial charge in [0.15, 0.2) is 17.5 Å². The zero-order chi connectivity index (χ0) is 17.3. The largest absolute Gasteiger partial charge is 0.348 e. The van der Waals surface area contributed by atoms with Crippen LogP contribution in [0.3, 0.4) is 0 Å². The third-order valence-corrected chi connectivity index (χ3v) is 4.28. The Kier molecular flexibility index (Phi) is 4.44. The molecule has 2 aromatic rings. The quantitative estimate of drug-likeness (QED) is 0.686. The van der Waals surface area contributed by atoms with E-state index in [1.807, 2.05) is 18.2 Å². The van der Waals surface area contributed by atoms with Crippen molar-refractivity contribution in [2.45, 2.75) is 12.5 Å². The summed E-state index contributed by atoms with van der Waals surface area (Å²) in [6, 6.07) is 11.8. The van der Waals surface area contributed by atoms with E-state index in [0.717, 1.165) is 17.7 Å². The van der Waals surface area contributed by atoms with E-state index >= 15 is 0 Å². The Morgan fingerprint density at radius 2 is 1.83 bits per heavy atom. The van der Waals surface area contributed by atoms with E-state index in [-0.39, 0.29) is 17.0 Å². The number of benzene rings is 2. The average molecular weight is 346 g/mol. The van der Waals surface area contributed by atoms with Gasteiger partial charge in [-0.1, -0.05) is 41.9 Å². The maximum absolute atomic E-state index is 13.1. The van der Waals surface area contributed by atoms with E-state index in [0.29, 0.717) is 0 Å². The first kappa shape index (κ1) is 16.3. The Morgan fingerprint density at radius 1 is 1.12 bits per heavy atom. The molecule has 2 aromatic carbocycles. The topological polar surface area (TPSA) is 63.2 Å². The SMILES string of the molecule is O=C1CC(c2ccccc2)NC(=O)C1C(=O)c1ccc(F)cc1Cl. The molecule has 1 fully saturated rings. The molecule has 0 saturated carbocycles. The molecule has 0 spiro atoms. The highest BCUT2D eigenvalue weighted by Crippen LogP contribution is 2.28. The molecule has 2 atom stereocenters. The van der Waals surface area contributed by atoms with Crippen molar-refractivity contribution < 1.29 is 18.8 Å². The van der Waals surface area contributed by atoms with Crippen LogP contribution in [0.5, 0.6) is 0 Å². The van der Waals surface area contributed by atoms with Crippen LogP contribution in [0, 0.1) is 11.7 Å². The van der Waals surface area contributed by atoms with Gasteiger partial charge in [-0.3, -0.25) is 14.4 Å². The molecule has 1 saturated heterocycles. The summed E-state index contributed by atoms with van der Waals surface area (Å²) in [5.41, 5.74) is 0.759. The van der Waals surface area contributed by atoms with Crippen LogP contribution in [0.15, 0.2) is 48.5 Å². The number of carbonyl (C=O) groups is 3. The van der Waals surface area contributed by atoms with Crippen LogP contribution in [-0.2, 0) is 9.59 Å². The van der Waals surface area contributed by atoms with Gasteiger partial charge in [0.05, 0.1) is 11.1 Å². The molecular weight excluding hydrogens is 333 g/mol. The summed E-state index contributed by atoms with van der Waals surface area (Å²) in [4.78, 5) is 37.2. The van der Waals surface area contributed by atoms with Crippen LogP contribution >= 0.6 is 11.6 Å². The molecule has 0 bridgehead atoms. The number of hydrogen-bond acceptors (Lipinski definition) is 3. The van der Waals surface area contributed by atoms with Crippen molar-refractivity contribution in [3.8, 4) is 0 Å². The predicted molar refractivity (Wildman–Crippen MR) is 86.2 cm³/mol. The second-order valence-electron chi connectivity index (χ2n) is 5.56. The monoisotopic (exact) mass is 345 g/mol. The fourth-order valence-electron chi connectivity index (χ4n) is 2.77. The van der Waals surface area contributed by atoms with Gasteiger partial charge in [0.2, 0.25) is 5.91 Å². The van der Waals surface area contributed by atoms with Crippen molar-refractivity contribution in [2.24, 2.45) is 5.92 Å². The molecule has 1 N–H and O–H groups in total. The van der Waals surface area contributed by atoms with Gasteiger partial charge < -0.3 is 5.32 Å². The number of hydrogen-bond donors (Lipinski definition) is 1. The highest BCUT2D eigenvalue weighted by Gasteiger charge is 2.41. The average Bonchev–Trinajstić information content (AvgIpc) is 2.54. The molecule has 1 heterocycles. The molecule has 122 valence electrons. The third-order valence-electron chi connectivity index (χ3n) is 3.97. The van der Waals surface area contributed by atoms with E-state index in [1.54, 1.807) is 12.1 Å². The lowest BCUT2D eigenvalue weighted by molar-refractivity contribution is -0.136. The molecule has 3 rings (SSSR count). The van der Waals surface area contributed by atoms with Gasteiger partial charge in [-0.05, 0) is 23.8 Å². The van der Waals surface area contributed by atoms with Crippen LogP contribution in [-0.4, -0.2) is 17.5 Å². The molecule has 2 unspecified atom stereocenters. The van der Waals surface area contributed by atoms with Gasteiger partial charge in [0.1, 0.15) is 5.82 Å². The lowest BCUT2D eigenvalue weighted by Crippen LogP contribution is -2.48. The highest BCUT2D eigenvalue weighted by atomic mass is 35.5. The number of Topliss-reactive ketones (excluding diaryl/α,β-unsaturated/α-hetero) is 2. The number of nitrogens with one attached hydrogen (secondary N) is 1. The van der Waals surface area contributed by atoms with E-state index in [1.165, 1.54) is 6.07 Å². The minimum Gasteiger partial charge on any atom is -0.348 e. The van der Waals surface area contributed by atoms with Gasteiger partial charge in [-0.15, -0.1) is 0 Å². The second kappa shape index (κ2) is 6.53. The summed E-state index contributed by atoms with van der Waals surface area (Å²) >= 11 is 5.86. The zero-order valence-corrected chi connectivity index (χ0v) is 13.2. The number of rotatable bonds is 3. The molecule has 1 amide bonds. The van der Waals surface area contributed by atoms with E-state index in [2.05, 4.69) is 5.32 Å². The Labute approximate surface area is 142 Å². The lowest BCUT2D eigenvalue weighted by atomic mass is 9.84. The summed E-state index contributed by atoms with van der Waals surface area (Å²) in [6.07, 6.45) is 0.0188. The maximum atomic E-state index is 13.1. The molecule has 0 aromatic heterocycles. The van der Waals surface area contributed by atoms with Gasteiger partial charge in [-0.25, -0.2) is 4.39 Å². The third kappa shape index (κ3) is 3.08. The summed E-state index contributed by atoms with van der Waals surface area (Å²) in [6.45, 7) is 0. The van der Waals surface area contributed by atoms with Gasteiger partial charge >= 0.3 is 0 Å². The summed E-state index contributed by atoms with van der Waals surface area (Å²) in [7, 11) is 0. The highest BCUT2D eigenvalue weighted by molar-refractivity contribution is 6.36. The molecule has 6 heteroatoms. The Hall–Kier alpha value is -2.53. The standard InChI is InChI=1S/C18H13ClFNO3/c19-13-8-11(20)6-7-12(13)17(23)16-15(22)9-14(21-18(16)24)10-4-2-1-3-5-10/h1-8,14,16H,9H2,(H,21,24). The van der Waals surface area contributed by atoms with Gasteiger partial charge in [-0.2, -0.15) is 0 Å². The fraction of sp³-hybridized carbons (Fsp3) is 0.167. The van der Waals surface area contributed by atoms with Crippen LogP contribution in [0.25, 0.3) is 0 Å². The smallest absolute Gasteiger partial charge is 0.239 e. The van der Waals surface area contributed by atoms with Crippen molar-refractivity contribution in [3.63, 3.8) is 0 Å². The first-order chi connectivity index (χ1) is 11.5. The molecule has 4 nitrogen and oxygen atoms in total. The van der Waals surface area contributed by atoms with Crippen molar-refractivity contribution in [2.75, 3.05) is 0 Å². The summed E-state index contributed by atoms with van der Waals surface area (Å²) < 4.78 is 13.1. The number of carbonyl (C=O) groups excluding carboxylic acids is 3. The van der Waals surface area contributed by atoms with Crippen LogP contribution < -0.4 is 5.32 Å². The van der Waals surface area contributed by atoms with Crippen LogP contribution in [0.4, 0.5) is 4.39 Å². The zero-order valence-electron chi connectivity index (χ0n) is 12.5. The maximum Gasteiger partial charge on any atom is 0.239 e. The van der Waals surface area contributed by atoms with Crippen LogP contribution in [0.2, 0.25) is 5.02 Å². The van der Waals surface area contributed by atoms with E-state index in [9.17, 15) is 18.8 Å². The number of halogens is 2. The second-order valence-corrected chi connectivity index (χ2v) is 5.97. The Morgan fingerprint density at radius 3 is 2.46 bits per heavy atom. The first-order valence-electron chi connectivity index (χ1n) is 7.34. The molecule has 1 aliphatic rings. The van der Waals surface area contributed by atoms with E-state index in [4.69, 9.17) is 11.6 Å². The molecule has 0 aliphatic carbocycles. The van der Waals surface area contributed by atoms with Crippen LogP contribution in [0.1, 0.15) is 28.4 Å². The minimum atomic E-state index is -1.45. The number of ketones is 2. The number of piperidine rings is 1. The van der Waals surface area contributed by atoms with E-state index < -0.39 is 35.3 Å². The fourth-order valence-corrected chi connectivity index (χ4v) is 3.03. The van der Waals surface area contributed by atoms with Crippen molar-refractivity contribution in [1.82, 2.24) is 5.32 Å². The minimum absolute atomic E-state index is 0.0188. The van der Waals surface area contributed by atoms with Crippen molar-refractivity contribution >= 4 is 29.1 Å². The lowest BCUT2D eigenvalue weighted by Gasteiger charge is -2.28. The summed E-state index contributed by atoms with van der Waals surface area (Å²) in [5.74, 6) is -3.90.